The fourth-order valence-electron chi connectivity index (χ4n) is 3.24. The normalized spacial score (nSPS) is 28.0. The molecule has 1 aliphatic heterocycles. The Morgan fingerprint density at radius 3 is 3.16 bits per heavy atom. The van der Waals surface area contributed by atoms with Crippen molar-refractivity contribution in [1.82, 2.24) is 4.90 Å². The molecule has 104 valence electrons. The average Bonchev–Trinajstić information content (AvgIpc) is 2.87. The van der Waals surface area contributed by atoms with Gasteiger partial charge in [0.05, 0.1) is 12.7 Å². The second kappa shape index (κ2) is 5.61. The molecule has 0 aromatic carbocycles. The first-order valence-electron chi connectivity index (χ1n) is 6.91. The summed E-state index contributed by atoms with van der Waals surface area (Å²) in [6.45, 7) is 2.43. The maximum absolute atomic E-state index is 11.2. The quantitative estimate of drug-likeness (QED) is 0.925. The predicted molar refractivity (Wildman–Crippen MR) is 73.7 cm³/mol. The van der Waals surface area contributed by atoms with Gasteiger partial charge in [-0.3, -0.25) is 4.90 Å². The van der Waals surface area contributed by atoms with Crippen LogP contribution in [0.15, 0.2) is 11.4 Å². The van der Waals surface area contributed by atoms with Gasteiger partial charge in [0.25, 0.3) is 0 Å². The van der Waals surface area contributed by atoms with Gasteiger partial charge in [-0.25, -0.2) is 4.79 Å². The predicted octanol–water partition coefficient (Wildman–Crippen LogP) is 2.59. The molecule has 5 heteroatoms. The molecule has 2 aliphatic rings. The summed E-state index contributed by atoms with van der Waals surface area (Å²) in [6, 6.07) is 2.42. The third-order valence-electron chi connectivity index (χ3n) is 4.16. The summed E-state index contributed by atoms with van der Waals surface area (Å²) in [5.41, 5.74) is 0.948. The number of rotatable bonds is 3. The molecule has 0 spiro atoms. The van der Waals surface area contributed by atoms with Crippen molar-refractivity contribution < 1.29 is 14.6 Å². The highest BCUT2D eigenvalue weighted by Gasteiger charge is 2.34. The van der Waals surface area contributed by atoms with E-state index in [1.54, 1.807) is 0 Å². The molecule has 3 rings (SSSR count). The van der Waals surface area contributed by atoms with Crippen LogP contribution in [-0.2, 0) is 11.3 Å². The summed E-state index contributed by atoms with van der Waals surface area (Å²) >= 11 is 1.32. The molecule has 2 heterocycles. The zero-order valence-corrected chi connectivity index (χ0v) is 11.7. The van der Waals surface area contributed by atoms with Crippen LogP contribution in [0.5, 0.6) is 0 Å². The molecular weight excluding hydrogens is 262 g/mol. The van der Waals surface area contributed by atoms with Crippen molar-refractivity contribution in [3.05, 3.63) is 21.9 Å². The Hall–Kier alpha value is -0.910. The Morgan fingerprint density at radius 1 is 1.47 bits per heavy atom. The second-order valence-corrected chi connectivity index (χ2v) is 6.23. The zero-order chi connectivity index (χ0) is 13.2. The van der Waals surface area contributed by atoms with Gasteiger partial charge in [-0.1, -0.05) is 12.8 Å². The number of nitrogens with zero attached hydrogens (tertiary/aromatic N) is 1. The number of carboxylic acid groups (broad SMARTS) is 1. The van der Waals surface area contributed by atoms with Crippen molar-refractivity contribution in [1.29, 1.82) is 0 Å². The minimum Gasteiger partial charge on any atom is -0.477 e. The van der Waals surface area contributed by atoms with Crippen molar-refractivity contribution in [3.8, 4) is 0 Å². The van der Waals surface area contributed by atoms with Crippen molar-refractivity contribution in [2.24, 2.45) is 0 Å². The third kappa shape index (κ3) is 2.68. The van der Waals surface area contributed by atoms with Crippen LogP contribution >= 0.6 is 11.3 Å². The molecule has 1 N–H and O–H groups in total. The monoisotopic (exact) mass is 281 g/mol. The Bertz CT molecular complexity index is 457. The number of fused-ring (bicyclic) bond motifs is 1. The van der Waals surface area contributed by atoms with E-state index in [1.165, 1.54) is 30.6 Å². The molecule has 0 radical (unpaired) electrons. The fraction of sp³-hybridized carbons (Fsp3) is 0.643. The van der Waals surface area contributed by atoms with E-state index < -0.39 is 5.97 Å². The lowest BCUT2D eigenvalue weighted by molar-refractivity contribution is -0.0911. The Kier molecular flexibility index (Phi) is 3.86. The maximum Gasteiger partial charge on any atom is 0.346 e. The van der Waals surface area contributed by atoms with Crippen LogP contribution in [0.1, 0.15) is 40.9 Å². The Labute approximate surface area is 117 Å². The summed E-state index contributed by atoms with van der Waals surface area (Å²) in [7, 11) is 0. The molecule has 0 bridgehead atoms. The molecule has 2 atom stereocenters. The third-order valence-corrected chi connectivity index (χ3v) is 5.11. The van der Waals surface area contributed by atoms with E-state index in [2.05, 4.69) is 4.90 Å². The van der Waals surface area contributed by atoms with Gasteiger partial charge < -0.3 is 9.84 Å². The average molecular weight is 281 g/mol. The number of morpholine rings is 1. The molecule has 0 amide bonds. The van der Waals surface area contributed by atoms with Crippen molar-refractivity contribution in [2.45, 2.75) is 44.4 Å². The molecule has 4 nitrogen and oxygen atoms in total. The standard InChI is InChI=1S/C14H19NO3S/c16-14(17)13-10(5-8-19-13)9-15-6-7-18-12-4-2-1-3-11(12)15/h5,8,11-12H,1-4,6-7,9H2,(H,16,17). The van der Waals surface area contributed by atoms with E-state index in [0.717, 1.165) is 31.7 Å². The molecule has 1 aliphatic carbocycles. The van der Waals surface area contributed by atoms with Crippen LogP contribution in [0.4, 0.5) is 0 Å². The number of carbonyl (C=O) groups is 1. The largest absolute Gasteiger partial charge is 0.477 e. The molecule has 1 aromatic heterocycles. The van der Waals surface area contributed by atoms with Crippen LogP contribution in [0.2, 0.25) is 0 Å². The first-order chi connectivity index (χ1) is 9.25. The molecule has 1 saturated heterocycles. The van der Waals surface area contributed by atoms with Gasteiger partial charge in [-0.15, -0.1) is 11.3 Å². The van der Waals surface area contributed by atoms with Gasteiger partial charge in [-0.2, -0.15) is 0 Å². The topological polar surface area (TPSA) is 49.8 Å². The summed E-state index contributed by atoms with van der Waals surface area (Å²) in [4.78, 5) is 14.1. The van der Waals surface area contributed by atoms with Crippen LogP contribution < -0.4 is 0 Å². The molecule has 1 saturated carbocycles. The lowest BCUT2D eigenvalue weighted by Crippen LogP contribution is -2.52. The van der Waals surface area contributed by atoms with Crippen molar-refractivity contribution in [3.63, 3.8) is 0 Å². The lowest BCUT2D eigenvalue weighted by Gasteiger charge is -2.43. The summed E-state index contributed by atoms with van der Waals surface area (Å²) in [6.07, 6.45) is 5.20. The maximum atomic E-state index is 11.2. The minimum absolute atomic E-state index is 0.356. The Morgan fingerprint density at radius 2 is 2.32 bits per heavy atom. The summed E-state index contributed by atoms with van der Waals surface area (Å²) in [5.74, 6) is -0.807. The zero-order valence-electron chi connectivity index (χ0n) is 10.9. The van der Waals surface area contributed by atoms with Gasteiger partial charge in [-0.05, 0) is 29.9 Å². The van der Waals surface area contributed by atoms with Crippen LogP contribution in [0.3, 0.4) is 0 Å². The van der Waals surface area contributed by atoms with Gasteiger partial charge in [0.15, 0.2) is 0 Å². The molecule has 19 heavy (non-hydrogen) atoms. The van der Waals surface area contributed by atoms with Crippen molar-refractivity contribution in [2.75, 3.05) is 13.2 Å². The smallest absolute Gasteiger partial charge is 0.346 e. The number of hydrogen-bond acceptors (Lipinski definition) is 4. The highest BCUT2D eigenvalue weighted by molar-refractivity contribution is 7.12. The number of thiophene rings is 1. The molecule has 2 fully saturated rings. The second-order valence-electron chi connectivity index (χ2n) is 5.31. The molecule has 1 aromatic rings. The summed E-state index contributed by atoms with van der Waals surface area (Å²) in [5, 5.41) is 11.1. The van der Waals surface area contributed by atoms with Gasteiger partial charge in [0.2, 0.25) is 0 Å². The number of aromatic carboxylic acids is 1. The van der Waals surface area contributed by atoms with Crippen molar-refractivity contribution >= 4 is 17.3 Å². The highest BCUT2D eigenvalue weighted by atomic mass is 32.1. The Balaban J connectivity index is 1.74. The molecule has 2 unspecified atom stereocenters. The van der Waals surface area contributed by atoms with E-state index in [9.17, 15) is 9.90 Å². The molecular formula is C14H19NO3S. The SMILES string of the molecule is O=C(O)c1sccc1CN1CCOC2CCCCC21. The van der Waals surface area contributed by atoms with E-state index in [0.29, 0.717) is 17.0 Å². The van der Waals surface area contributed by atoms with Crippen LogP contribution in [0.25, 0.3) is 0 Å². The van der Waals surface area contributed by atoms with E-state index in [1.807, 2.05) is 11.4 Å². The highest BCUT2D eigenvalue weighted by Crippen LogP contribution is 2.30. The van der Waals surface area contributed by atoms with Gasteiger partial charge >= 0.3 is 5.97 Å². The van der Waals surface area contributed by atoms with Crippen LogP contribution in [0, 0.1) is 0 Å². The van der Waals surface area contributed by atoms with Gasteiger partial charge in [0.1, 0.15) is 4.88 Å². The number of ether oxygens (including phenoxy) is 1. The number of carboxylic acids is 1. The van der Waals surface area contributed by atoms with E-state index >= 15 is 0 Å². The van der Waals surface area contributed by atoms with E-state index in [-0.39, 0.29) is 0 Å². The minimum atomic E-state index is -0.807. The first kappa shape index (κ1) is 13.1. The van der Waals surface area contributed by atoms with Gasteiger partial charge in [0, 0.05) is 19.1 Å². The summed E-state index contributed by atoms with van der Waals surface area (Å²) < 4.78 is 5.85. The first-order valence-corrected chi connectivity index (χ1v) is 7.79. The fourth-order valence-corrected chi connectivity index (χ4v) is 3.99. The number of hydrogen-bond donors (Lipinski definition) is 1. The van der Waals surface area contributed by atoms with Crippen LogP contribution in [-0.4, -0.2) is 41.3 Å². The lowest BCUT2D eigenvalue weighted by atomic mass is 9.90. The van der Waals surface area contributed by atoms with E-state index in [4.69, 9.17) is 4.74 Å².